The normalized spacial score (nSPS) is 12.7. The van der Waals surface area contributed by atoms with E-state index in [1.54, 1.807) is 0 Å². The fraction of sp³-hybridized carbons (Fsp3) is 0.545. The topological polar surface area (TPSA) is 42.0 Å². The summed E-state index contributed by atoms with van der Waals surface area (Å²) in [5.41, 5.74) is 2.07. The first kappa shape index (κ1) is 12.3. The Kier molecular flexibility index (Phi) is 5.50. The molecule has 84 valence electrons. The number of nitrogens with one attached hydrogen (secondary N) is 1. The lowest BCUT2D eigenvalue weighted by atomic mass is 10.3. The van der Waals surface area contributed by atoms with E-state index in [9.17, 15) is 4.21 Å². The fourth-order valence-corrected chi connectivity index (χ4v) is 1.91. The summed E-state index contributed by atoms with van der Waals surface area (Å²) in [6, 6.07) is 5.98. The van der Waals surface area contributed by atoms with Gasteiger partial charge in [-0.25, -0.2) is 0 Å². The first-order chi connectivity index (χ1) is 7.22. The Hall–Kier alpha value is -0.740. The predicted molar refractivity (Wildman–Crippen MR) is 64.2 cm³/mol. The van der Waals surface area contributed by atoms with E-state index in [0.29, 0.717) is 0 Å². The van der Waals surface area contributed by atoms with Crippen molar-refractivity contribution in [3.63, 3.8) is 0 Å². The summed E-state index contributed by atoms with van der Waals surface area (Å²) in [5.74, 6) is 1.46. The molecule has 0 spiro atoms. The number of hydrogen-bond acceptors (Lipinski definition) is 3. The second-order valence-electron chi connectivity index (χ2n) is 3.38. The highest BCUT2D eigenvalue weighted by atomic mass is 32.2. The smallest absolute Gasteiger partial charge is 0.0544 e. The first-order valence-electron chi connectivity index (χ1n) is 5.20. The summed E-state index contributed by atoms with van der Waals surface area (Å²) in [6.45, 7) is 5.46. The second-order valence-corrected chi connectivity index (χ2v) is 5.24. The molecule has 0 aliphatic rings. The number of aromatic nitrogens is 1. The van der Waals surface area contributed by atoms with Crippen molar-refractivity contribution in [2.45, 2.75) is 20.4 Å². The molecule has 1 aromatic heterocycles. The van der Waals surface area contributed by atoms with Gasteiger partial charge in [-0.05, 0) is 19.1 Å². The third-order valence-electron chi connectivity index (χ3n) is 2.08. The van der Waals surface area contributed by atoms with Gasteiger partial charge in [0, 0.05) is 41.1 Å². The zero-order valence-electron chi connectivity index (χ0n) is 9.32. The largest absolute Gasteiger partial charge is 0.310 e. The monoisotopic (exact) mass is 226 g/mol. The average molecular weight is 226 g/mol. The van der Waals surface area contributed by atoms with E-state index >= 15 is 0 Å². The lowest BCUT2D eigenvalue weighted by Gasteiger charge is -2.04. The van der Waals surface area contributed by atoms with Gasteiger partial charge >= 0.3 is 0 Å². The van der Waals surface area contributed by atoms with Gasteiger partial charge in [0.15, 0.2) is 0 Å². The predicted octanol–water partition coefficient (Wildman–Crippen LogP) is 1.25. The van der Waals surface area contributed by atoms with Crippen LogP contribution >= 0.6 is 0 Å². The number of nitrogens with zero attached hydrogens (tertiary/aromatic N) is 1. The van der Waals surface area contributed by atoms with Gasteiger partial charge in [-0.2, -0.15) is 0 Å². The van der Waals surface area contributed by atoms with E-state index in [-0.39, 0.29) is 0 Å². The first-order valence-corrected chi connectivity index (χ1v) is 6.69. The summed E-state index contributed by atoms with van der Waals surface area (Å²) in [4.78, 5) is 4.37. The van der Waals surface area contributed by atoms with Crippen molar-refractivity contribution in [3.05, 3.63) is 29.6 Å². The molecule has 1 unspecified atom stereocenters. The lowest BCUT2D eigenvalue weighted by molar-refractivity contribution is 0.671. The molecule has 1 atom stereocenters. The van der Waals surface area contributed by atoms with Crippen LogP contribution in [0.15, 0.2) is 18.2 Å². The van der Waals surface area contributed by atoms with Crippen molar-refractivity contribution in [2.75, 3.05) is 18.1 Å². The van der Waals surface area contributed by atoms with Crippen LogP contribution < -0.4 is 5.32 Å². The molecule has 15 heavy (non-hydrogen) atoms. The van der Waals surface area contributed by atoms with Crippen molar-refractivity contribution in [3.8, 4) is 0 Å². The lowest BCUT2D eigenvalue weighted by Crippen LogP contribution is -2.21. The molecule has 1 aromatic rings. The zero-order chi connectivity index (χ0) is 11.1. The maximum atomic E-state index is 11.1. The Labute approximate surface area is 93.8 Å². The van der Waals surface area contributed by atoms with Crippen LogP contribution in [-0.4, -0.2) is 27.2 Å². The molecule has 1 rings (SSSR count). The molecule has 3 nitrogen and oxygen atoms in total. The van der Waals surface area contributed by atoms with Crippen molar-refractivity contribution in [1.29, 1.82) is 0 Å². The SMILES string of the molecule is CCS(=O)CCNCc1cccc(C)n1. The van der Waals surface area contributed by atoms with Crippen molar-refractivity contribution >= 4 is 10.8 Å². The summed E-state index contributed by atoms with van der Waals surface area (Å²) in [7, 11) is -0.672. The third-order valence-corrected chi connectivity index (χ3v) is 3.38. The maximum Gasteiger partial charge on any atom is 0.0544 e. The van der Waals surface area contributed by atoms with Crippen molar-refractivity contribution in [1.82, 2.24) is 10.3 Å². The standard InChI is InChI=1S/C11H18N2OS/c1-3-15(14)8-7-12-9-11-6-4-5-10(2)13-11/h4-6,12H,3,7-9H2,1-2H3. The van der Waals surface area contributed by atoms with Crippen LogP contribution in [0.1, 0.15) is 18.3 Å². The minimum atomic E-state index is -0.672. The van der Waals surface area contributed by atoms with Gasteiger partial charge in [0.25, 0.3) is 0 Å². The second kappa shape index (κ2) is 6.69. The van der Waals surface area contributed by atoms with Gasteiger partial charge in [-0.3, -0.25) is 9.19 Å². The van der Waals surface area contributed by atoms with E-state index < -0.39 is 10.8 Å². The molecule has 0 saturated heterocycles. The number of rotatable bonds is 6. The van der Waals surface area contributed by atoms with Crippen molar-refractivity contribution in [2.24, 2.45) is 0 Å². The zero-order valence-corrected chi connectivity index (χ0v) is 10.1. The van der Waals surface area contributed by atoms with Crippen LogP contribution in [0.4, 0.5) is 0 Å². The van der Waals surface area contributed by atoms with Crippen LogP contribution in [0.2, 0.25) is 0 Å². The molecular weight excluding hydrogens is 208 g/mol. The van der Waals surface area contributed by atoms with Gasteiger partial charge in [0.1, 0.15) is 0 Å². The van der Waals surface area contributed by atoms with Crippen LogP contribution in [0, 0.1) is 6.92 Å². The van der Waals surface area contributed by atoms with Crippen LogP contribution in [0.25, 0.3) is 0 Å². The van der Waals surface area contributed by atoms with Crippen LogP contribution in [0.3, 0.4) is 0 Å². The minimum absolute atomic E-state index is 0.672. The quantitative estimate of drug-likeness (QED) is 0.742. The molecule has 0 aromatic carbocycles. The van der Waals surface area contributed by atoms with E-state index in [2.05, 4.69) is 10.3 Å². The van der Waals surface area contributed by atoms with Gasteiger partial charge in [-0.1, -0.05) is 13.0 Å². The third kappa shape index (κ3) is 5.04. The Balaban J connectivity index is 2.23. The molecule has 0 radical (unpaired) electrons. The maximum absolute atomic E-state index is 11.1. The average Bonchev–Trinajstić information content (AvgIpc) is 2.24. The fourth-order valence-electron chi connectivity index (χ4n) is 1.24. The summed E-state index contributed by atoms with van der Waals surface area (Å²) < 4.78 is 11.1. The molecule has 4 heteroatoms. The highest BCUT2D eigenvalue weighted by Crippen LogP contribution is 1.97. The van der Waals surface area contributed by atoms with Gasteiger partial charge in [0.05, 0.1) is 5.69 Å². The number of hydrogen-bond donors (Lipinski definition) is 1. The van der Waals surface area contributed by atoms with Crippen LogP contribution in [0.5, 0.6) is 0 Å². The van der Waals surface area contributed by atoms with Gasteiger partial charge < -0.3 is 5.32 Å². The summed E-state index contributed by atoms with van der Waals surface area (Å²) in [6.07, 6.45) is 0. The molecular formula is C11H18N2OS. The summed E-state index contributed by atoms with van der Waals surface area (Å²) in [5, 5.41) is 3.24. The highest BCUT2D eigenvalue weighted by molar-refractivity contribution is 7.84. The Bertz CT molecular complexity index is 328. The molecule has 0 aliphatic carbocycles. The molecule has 0 amide bonds. The molecule has 0 bridgehead atoms. The van der Waals surface area contributed by atoms with Gasteiger partial charge in [0.2, 0.25) is 0 Å². The van der Waals surface area contributed by atoms with Gasteiger partial charge in [-0.15, -0.1) is 0 Å². The Morgan fingerprint density at radius 2 is 2.27 bits per heavy atom. The van der Waals surface area contributed by atoms with E-state index in [4.69, 9.17) is 0 Å². The van der Waals surface area contributed by atoms with E-state index in [1.165, 1.54) is 0 Å². The molecule has 1 N–H and O–H groups in total. The number of pyridine rings is 1. The molecule has 0 fully saturated rings. The summed E-state index contributed by atoms with van der Waals surface area (Å²) >= 11 is 0. The van der Waals surface area contributed by atoms with E-state index in [1.807, 2.05) is 32.0 Å². The van der Waals surface area contributed by atoms with Crippen molar-refractivity contribution < 1.29 is 4.21 Å². The Morgan fingerprint density at radius 1 is 1.47 bits per heavy atom. The number of aryl methyl sites for hydroxylation is 1. The molecule has 0 aliphatic heterocycles. The Morgan fingerprint density at radius 3 is 2.93 bits per heavy atom. The highest BCUT2D eigenvalue weighted by Gasteiger charge is 1.97. The molecule has 1 heterocycles. The van der Waals surface area contributed by atoms with Crippen LogP contribution in [-0.2, 0) is 17.3 Å². The minimum Gasteiger partial charge on any atom is -0.310 e. The van der Waals surface area contributed by atoms with E-state index in [0.717, 1.165) is 36.0 Å². The molecule has 0 saturated carbocycles.